The van der Waals surface area contributed by atoms with Crippen LogP contribution in [0, 0.1) is 30.5 Å². The van der Waals surface area contributed by atoms with Crippen molar-refractivity contribution < 1.29 is 32.9 Å². The Morgan fingerprint density at radius 2 is 1.69 bits per heavy atom. The number of halogens is 1. The van der Waals surface area contributed by atoms with E-state index in [1.807, 2.05) is 7.05 Å². The zero-order chi connectivity index (χ0) is 32.2. The molecule has 2 aromatic rings. The predicted molar refractivity (Wildman–Crippen MR) is 161 cm³/mol. The molecule has 1 saturated heterocycles. The fourth-order valence-corrected chi connectivity index (χ4v) is 6.16. The van der Waals surface area contributed by atoms with E-state index in [4.69, 9.17) is 4.74 Å². The van der Waals surface area contributed by atoms with Gasteiger partial charge in [0.15, 0.2) is 5.69 Å². The number of aromatic nitrogens is 2. The molecule has 3 atom stereocenters. The smallest absolute Gasteiger partial charge is 0.276 e. The number of nitrogens with zero attached hydrogens (tertiary/aromatic N) is 4. The number of anilines is 1. The van der Waals surface area contributed by atoms with Crippen molar-refractivity contribution in [3.63, 3.8) is 0 Å². The van der Waals surface area contributed by atoms with Crippen molar-refractivity contribution in [2.75, 3.05) is 52.3 Å². The summed E-state index contributed by atoms with van der Waals surface area (Å²) in [6.07, 6.45) is 3.89. The monoisotopic (exact) mass is 627 g/mol. The van der Waals surface area contributed by atoms with Gasteiger partial charge in [0.25, 0.3) is 5.91 Å². The molecule has 1 aromatic heterocycles. The van der Waals surface area contributed by atoms with Crippen LogP contribution in [0.3, 0.4) is 0 Å². The molecule has 45 heavy (non-hydrogen) atoms. The van der Waals surface area contributed by atoms with Crippen molar-refractivity contribution >= 4 is 29.3 Å². The summed E-state index contributed by atoms with van der Waals surface area (Å²) >= 11 is 0. The molecule has 2 saturated carbocycles. The Balaban J connectivity index is 1.33. The summed E-state index contributed by atoms with van der Waals surface area (Å²) in [7, 11) is 3.37. The average Bonchev–Trinajstić information content (AvgIpc) is 3.96. The molecule has 14 heteroatoms. The highest BCUT2D eigenvalue weighted by atomic mass is 19.1. The predicted octanol–water partition coefficient (Wildman–Crippen LogP) is 1.70. The van der Waals surface area contributed by atoms with Crippen LogP contribution in [0.2, 0.25) is 0 Å². The van der Waals surface area contributed by atoms with Crippen LogP contribution in [0.5, 0.6) is 0 Å². The molecule has 0 unspecified atom stereocenters. The van der Waals surface area contributed by atoms with Gasteiger partial charge in [-0.15, -0.1) is 0 Å². The van der Waals surface area contributed by atoms with Gasteiger partial charge in [-0.25, -0.2) is 9.02 Å². The first-order valence-corrected chi connectivity index (χ1v) is 15.5. The summed E-state index contributed by atoms with van der Waals surface area (Å²) in [4.78, 5) is 56.6. The van der Waals surface area contributed by atoms with Crippen LogP contribution in [0.1, 0.15) is 60.3 Å². The van der Waals surface area contributed by atoms with Gasteiger partial charge < -0.3 is 30.5 Å². The van der Waals surface area contributed by atoms with E-state index < -0.39 is 41.5 Å². The Labute approximate surface area is 261 Å². The zero-order valence-electron chi connectivity index (χ0n) is 26.2. The van der Waals surface area contributed by atoms with Crippen LogP contribution in [0.25, 0.3) is 0 Å². The lowest BCUT2D eigenvalue weighted by Crippen LogP contribution is -2.56. The fraction of sp³-hybridized carbons (Fsp3) is 0.613. The molecule has 1 aliphatic heterocycles. The normalized spacial score (nSPS) is 19.1. The Bertz CT molecular complexity index is 1390. The quantitative estimate of drug-likeness (QED) is 0.301. The van der Waals surface area contributed by atoms with Crippen molar-refractivity contribution in [3.05, 3.63) is 41.0 Å². The summed E-state index contributed by atoms with van der Waals surface area (Å²) in [5.74, 6) is -2.54. The highest BCUT2D eigenvalue weighted by Crippen LogP contribution is 2.51. The highest BCUT2D eigenvalue weighted by molar-refractivity contribution is 6.01. The molecule has 4 amide bonds. The molecule has 2 aliphatic carbocycles. The molecular formula is C31H42FN7O6. The van der Waals surface area contributed by atoms with E-state index in [1.165, 1.54) is 19.2 Å². The minimum atomic E-state index is -0.942. The lowest BCUT2D eigenvalue weighted by atomic mass is 9.88. The molecule has 0 spiro atoms. The Morgan fingerprint density at radius 1 is 1.02 bits per heavy atom. The number of aryl methyl sites for hydroxylation is 1. The maximum atomic E-state index is 15.6. The third kappa shape index (κ3) is 7.85. The van der Waals surface area contributed by atoms with Gasteiger partial charge in [-0.05, 0) is 80.3 Å². The van der Waals surface area contributed by atoms with Crippen LogP contribution in [-0.4, -0.2) is 103 Å². The van der Waals surface area contributed by atoms with Gasteiger partial charge in [-0.1, -0.05) is 18.1 Å². The summed E-state index contributed by atoms with van der Waals surface area (Å²) in [6.45, 7) is 5.58. The van der Waals surface area contributed by atoms with E-state index in [9.17, 15) is 19.2 Å². The minimum absolute atomic E-state index is 0.000861. The molecule has 0 bridgehead atoms. The van der Waals surface area contributed by atoms with E-state index >= 15 is 4.39 Å². The SMILES string of the molecule is COCC(=O)N[C@@H](C(=O)N1CCN(C)CC1)[C@@H](C)c1ccc(NC(=O)[C@@H](NC(=O)c2nonc2C)C(C2CC2)C2CC2)c(F)c1. The van der Waals surface area contributed by atoms with Gasteiger partial charge in [-0.3, -0.25) is 19.2 Å². The number of likely N-dealkylation sites (N-methyl/N-ethyl adjacent to an activating group) is 1. The molecular weight excluding hydrogens is 585 g/mol. The van der Waals surface area contributed by atoms with Gasteiger partial charge in [-0.2, -0.15) is 0 Å². The summed E-state index contributed by atoms with van der Waals surface area (Å²) in [5, 5.41) is 15.6. The number of carbonyl (C=O) groups is 4. The number of hydrogen-bond donors (Lipinski definition) is 3. The summed E-state index contributed by atoms with van der Waals surface area (Å²) < 4.78 is 25.2. The third-order valence-electron chi connectivity index (χ3n) is 9.10. The van der Waals surface area contributed by atoms with Crippen LogP contribution in [0.15, 0.2) is 22.8 Å². The minimum Gasteiger partial charge on any atom is -0.375 e. The molecule has 5 rings (SSSR count). The van der Waals surface area contributed by atoms with E-state index in [0.29, 0.717) is 49.3 Å². The topological polar surface area (TPSA) is 159 Å². The first-order chi connectivity index (χ1) is 21.6. The molecule has 3 fully saturated rings. The van der Waals surface area contributed by atoms with Gasteiger partial charge in [0, 0.05) is 39.2 Å². The maximum Gasteiger partial charge on any atom is 0.276 e. The number of methoxy groups -OCH3 is 1. The van der Waals surface area contributed by atoms with Crippen molar-refractivity contribution in [1.29, 1.82) is 0 Å². The molecule has 13 nitrogen and oxygen atoms in total. The Morgan fingerprint density at radius 3 is 2.24 bits per heavy atom. The van der Waals surface area contributed by atoms with E-state index in [1.54, 1.807) is 24.8 Å². The number of hydrogen-bond acceptors (Lipinski definition) is 9. The number of ether oxygens (including phenoxy) is 1. The third-order valence-corrected chi connectivity index (χ3v) is 9.10. The van der Waals surface area contributed by atoms with Gasteiger partial charge in [0.05, 0.1) is 5.69 Å². The van der Waals surface area contributed by atoms with Gasteiger partial charge in [0.2, 0.25) is 17.7 Å². The lowest BCUT2D eigenvalue weighted by molar-refractivity contribution is -0.139. The average molecular weight is 628 g/mol. The maximum absolute atomic E-state index is 15.6. The number of rotatable bonds is 13. The molecule has 3 aliphatic rings. The second-order valence-electron chi connectivity index (χ2n) is 12.5. The molecule has 244 valence electrons. The van der Waals surface area contributed by atoms with Crippen molar-refractivity contribution in [1.82, 2.24) is 30.7 Å². The zero-order valence-corrected chi connectivity index (χ0v) is 26.2. The summed E-state index contributed by atoms with van der Waals surface area (Å²) in [5.41, 5.74) is 0.731. The number of carbonyl (C=O) groups excluding carboxylic acids is 4. The Hall–Kier alpha value is -3.91. The first kappa shape index (κ1) is 32.5. The largest absolute Gasteiger partial charge is 0.375 e. The Kier molecular flexibility index (Phi) is 10.1. The lowest BCUT2D eigenvalue weighted by Gasteiger charge is -2.36. The number of benzene rings is 1. The van der Waals surface area contributed by atoms with Crippen LogP contribution >= 0.6 is 0 Å². The second kappa shape index (κ2) is 14.0. The number of piperazine rings is 1. The summed E-state index contributed by atoms with van der Waals surface area (Å²) in [6, 6.07) is 2.51. The van der Waals surface area contributed by atoms with E-state index in [-0.39, 0.29) is 29.8 Å². The standard InChI is InChI=1S/C31H42FN7O6/c1-17(26(34-24(40)16-44-4)31(43)39-13-11-38(3)12-14-39)21-9-10-23(22(32)15-21)33-30(42)28(25(19-5-6-19)20-7-8-20)35-29(41)27-18(2)36-45-37-27/h9-10,15,17,19-20,25-26,28H,5-8,11-14,16H2,1-4H3,(H,33,42)(H,34,40)(H,35,41)/t17-,26+,28-/m0/s1. The second-order valence-corrected chi connectivity index (χ2v) is 12.5. The van der Waals surface area contributed by atoms with Crippen LogP contribution in [-0.2, 0) is 19.1 Å². The van der Waals surface area contributed by atoms with E-state index in [0.717, 1.165) is 25.7 Å². The molecule has 3 N–H and O–H groups in total. The molecule has 1 aromatic carbocycles. The fourth-order valence-electron chi connectivity index (χ4n) is 6.16. The van der Waals surface area contributed by atoms with Gasteiger partial charge >= 0.3 is 0 Å². The van der Waals surface area contributed by atoms with Crippen molar-refractivity contribution in [2.45, 2.75) is 57.5 Å². The van der Waals surface area contributed by atoms with Gasteiger partial charge in [0.1, 0.15) is 30.2 Å². The molecule has 2 heterocycles. The number of amides is 4. The molecule has 0 radical (unpaired) electrons. The first-order valence-electron chi connectivity index (χ1n) is 15.5. The van der Waals surface area contributed by atoms with Crippen molar-refractivity contribution in [3.8, 4) is 0 Å². The van der Waals surface area contributed by atoms with E-state index in [2.05, 4.69) is 35.8 Å². The van der Waals surface area contributed by atoms with Crippen LogP contribution < -0.4 is 16.0 Å². The highest BCUT2D eigenvalue weighted by Gasteiger charge is 2.48. The van der Waals surface area contributed by atoms with Crippen LogP contribution in [0.4, 0.5) is 10.1 Å². The van der Waals surface area contributed by atoms with Crippen molar-refractivity contribution in [2.24, 2.45) is 17.8 Å². The number of nitrogens with one attached hydrogen (secondary N) is 3.